The number of carbonyl (C=O) groups is 1. The van der Waals surface area contributed by atoms with Crippen molar-refractivity contribution in [3.05, 3.63) is 0 Å². The normalized spacial score (nSPS) is 32.5. The maximum atomic E-state index is 12.5. The molecule has 3 heterocycles. The largest absolute Gasteiger partial charge is 0.342 e. The Morgan fingerprint density at radius 2 is 1.75 bits per heavy atom. The average Bonchev–Trinajstić information content (AvgIpc) is 3.03. The summed E-state index contributed by atoms with van der Waals surface area (Å²) < 4.78 is 0. The third-order valence-electron chi connectivity index (χ3n) is 5.27. The minimum Gasteiger partial charge on any atom is -0.342 e. The second-order valence-corrected chi connectivity index (χ2v) is 6.68. The first-order valence-corrected chi connectivity index (χ1v) is 8.60. The van der Waals surface area contributed by atoms with Crippen LogP contribution in [0.25, 0.3) is 0 Å². The van der Waals surface area contributed by atoms with Crippen LogP contribution >= 0.6 is 0 Å². The molecule has 2 atom stereocenters. The molecule has 3 fully saturated rings. The molecule has 3 saturated heterocycles. The Morgan fingerprint density at radius 1 is 0.950 bits per heavy atom. The molecule has 0 aromatic rings. The summed E-state index contributed by atoms with van der Waals surface area (Å²) in [6.45, 7) is 4.90. The van der Waals surface area contributed by atoms with Crippen molar-refractivity contribution in [1.82, 2.24) is 15.1 Å². The van der Waals surface area contributed by atoms with Crippen LogP contribution in [-0.4, -0.2) is 60.5 Å². The molecule has 4 nitrogen and oxygen atoms in total. The van der Waals surface area contributed by atoms with E-state index in [9.17, 15) is 4.79 Å². The van der Waals surface area contributed by atoms with E-state index in [1.165, 1.54) is 51.4 Å². The average molecular weight is 279 g/mol. The number of piperidine rings is 2. The predicted molar refractivity (Wildman–Crippen MR) is 80.7 cm³/mol. The first-order valence-electron chi connectivity index (χ1n) is 8.60. The van der Waals surface area contributed by atoms with E-state index in [1.54, 1.807) is 0 Å². The molecule has 114 valence electrons. The van der Waals surface area contributed by atoms with Crippen LogP contribution in [0.1, 0.15) is 51.4 Å². The van der Waals surface area contributed by atoms with Crippen LogP contribution in [0.3, 0.4) is 0 Å². The molecular formula is C16H29N3O. The highest BCUT2D eigenvalue weighted by molar-refractivity contribution is 5.78. The lowest BCUT2D eigenvalue weighted by Gasteiger charge is -2.40. The van der Waals surface area contributed by atoms with E-state index < -0.39 is 0 Å². The maximum Gasteiger partial charge on any atom is 0.236 e. The van der Waals surface area contributed by atoms with Crippen molar-refractivity contribution in [2.45, 2.75) is 63.5 Å². The van der Waals surface area contributed by atoms with Gasteiger partial charge in [0, 0.05) is 25.2 Å². The first-order chi connectivity index (χ1) is 9.84. The van der Waals surface area contributed by atoms with E-state index in [0.29, 0.717) is 24.5 Å². The van der Waals surface area contributed by atoms with E-state index >= 15 is 0 Å². The van der Waals surface area contributed by atoms with Crippen LogP contribution in [0, 0.1) is 0 Å². The SMILES string of the molecule is O=C(CN1CCCCC1C1CCCN1)N1CCCCC1. The topological polar surface area (TPSA) is 35.6 Å². The summed E-state index contributed by atoms with van der Waals surface area (Å²) in [4.78, 5) is 17.1. The second-order valence-electron chi connectivity index (χ2n) is 6.68. The minimum absolute atomic E-state index is 0.370. The molecule has 1 N–H and O–H groups in total. The van der Waals surface area contributed by atoms with Gasteiger partial charge >= 0.3 is 0 Å². The van der Waals surface area contributed by atoms with Crippen molar-refractivity contribution in [2.75, 3.05) is 32.7 Å². The second kappa shape index (κ2) is 6.90. The van der Waals surface area contributed by atoms with Crippen LogP contribution in [-0.2, 0) is 4.79 Å². The molecule has 3 aliphatic heterocycles. The fourth-order valence-corrected chi connectivity index (χ4v) is 4.13. The summed E-state index contributed by atoms with van der Waals surface area (Å²) in [7, 11) is 0. The van der Waals surface area contributed by atoms with Gasteiger partial charge in [-0.2, -0.15) is 0 Å². The molecule has 0 aromatic heterocycles. The molecule has 3 aliphatic rings. The standard InChI is InChI=1S/C16H29N3O/c20-16(18-10-3-1-4-11-18)13-19-12-5-2-8-15(19)14-7-6-9-17-14/h14-15,17H,1-13H2. The van der Waals surface area contributed by atoms with Crippen LogP contribution in [0.2, 0.25) is 0 Å². The summed E-state index contributed by atoms with van der Waals surface area (Å²) in [6, 6.07) is 1.23. The van der Waals surface area contributed by atoms with Gasteiger partial charge in [-0.1, -0.05) is 6.42 Å². The highest BCUT2D eigenvalue weighted by Gasteiger charge is 2.33. The number of carbonyl (C=O) groups excluding carboxylic acids is 1. The molecule has 4 heteroatoms. The summed E-state index contributed by atoms with van der Waals surface area (Å²) >= 11 is 0. The summed E-state index contributed by atoms with van der Waals surface area (Å²) in [5.74, 6) is 0.370. The van der Waals surface area contributed by atoms with E-state index in [-0.39, 0.29) is 0 Å². The zero-order valence-corrected chi connectivity index (χ0v) is 12.6. The quantitative estimate of drug-likeness (QED) is 0.852. The van der Waals surface area contributed by atoms with Gasteiger partial charge in [0.05, 0.1) is 6.54 Å². The van der Waals surface area contributed by atoms with Gasteiger partial charge in [-0.05, 0) is 58.0 Å². The molecule has 0 spiro atoms. The molecule has 2 unspecified atom stereocenters. The predicted octanol–water partition coefficient (Wildman–Crippen LogP) is 1.61. The Morgan fingerprint density at radius 3 is 2.50 bits per heavy atom. The zero-order chi connectivity index (χ0) is 13.8. The van der Waals surface area contributed by atoms with Crippen molar-refractivity contribution < 1.29 is 4.79 Å². The van der Waals surface area contributed by atoms with Gasteiger partial charge in [-0.15, -0.1) is 0 Å². The van der Waals surface area contributed by atoms with Crippen molar-refractivity contribution in [3.8, 4) is 0 Å². The van der Waals surface area contributed by atoms with Crippen LogP contribution in [0.15, 0.2) is 0 Å². The van der Waals surface area contributed by atoms with Crippen LogP contribution < -0.4 is 5.32 Å². The Kier molecular flexibility index (Phi) is 4.94. The minimum atomic E-state index is 0.370. The summed E-state index contributed by atoms with van der Waals surface area (Å²) in [5.41, 5.74) is 0. The van der Waals surface area contributed by atoms with Crippen LogP contribution in [0.4, 0.5) is 0 Å². The summed E-state index contributed by atoms with van der Waals surface area (Å²) in [5, 5.41) is 3.64. The van der Waals surface area contributed by atoms with Gasteiger partial charge < -0.3 is 10.2 Å². The van der Waals surface area contributed by atoms with Crippen molar-refractivity contribution in [3.63, 3.8) is 0 Å². The van der Waals surface area contributed by atoms with Gasteiger partial charge in [0.2, 0.25) is 5.91 Å². The van der Waals surface area contributed by atoms with E-state index in [1.807, 2.05) is 0 Å². The monoisotopic (exact) mass is 279 g/mol. The third-order valence-corrected chi connectivity index (χ3v) is 5.27. The van der Waals surface area contributed by atoms with Gasteiger partial charge in [0.1, 0.15) is 0 Å². The fourth-order valence-electron chi connectivity index (χ4n) is 4.13. The number of rotatable bonds is 3. The molecule has 0 radical (unpaired) electrons. The van der Waals surface area contributed by atoms with Crippen molar-refractivity contribution in [2.24, 2.45) is 0 Å². The summed E-state index contributed by atoms with van der Waals surface area (Å²) in [6.07, 6.45) is 10.1. The van der Waals surface area contributed by atoms with E-state index in [0.717, 1.165) is 26.2 Å². The molecule has 3 rings (SSSR count). The number of nitrogens with zero attached hydrogens (tertiary/aromatic N) is 2. The number of amides is 1. The molecule has 20 heavy (non-hydrogen) atoms. The molecule has 0 aromatic carbocycles. The van der Waals surface area contributed by atoms with Crippen LogP contribution in [0.5, 0.6) is 0 Å². The van der Waals surface area contributed by atoms with Gasteiger partial charge in [0.15, 0.2) is 0 Å². The Bertz CT molecular complexity index is 322. The highest BCUT2D eigenvalue weighted by Crippen LogP contribution is 2.24. The lowest BCUT2D eigenvalue weighted by Crippen LogP contribution is -2.53. The smallest absolute Gasteiger partial charge is 0.236 e. The Balaban J connectivity index is 1.56. The number of likely N-dealkylation sites (tertiary alicyclic amines) is 2. The third kappa shape index (κ3) is 3.34. The molecule has 1 amide bonds. The number of nitrogens with one attached hydrogen (secondary N) is 1. The lowest BCUT2D eigenvalue weighted by atomic mass is 9.94. The first kappa shape index (κ1) is 14.3. The number of hydrogen-bond acceptors (Lipinski definition) is 3. The van der Waals surface area contributed by atoms with Crippen molar-refractivity contribution >= 4 is 5.91 Å². The molecule has 0 saturated carbocycles. The Labute approximate surface area is 122 Å². The lowest BCUT2D eigenvalue weighted by molar-refractivity contribution is -0.134. The maximum absolute atomic E-state index is 12.5. The van der Waals surface area contributed by atoms with E-state index in [2.05, 4.69) is 15.1 Å². The van der Waals surface area contributed by atoms with Gasteiger partial charge in [-0.3, -0.25) is 9.69 Å². The van der Waals surface area contributed by atoms with Gasteiger partial charge in [0.25, 0.3) is 0 Å². The molecular weight excluding hydrogens is 250 g/mol. The molecule has 0 aliphatic carbocycles. The highest BCUT2D eigenvalue weighted by atomic mass is 16.2. The van der Waals surface area contributed by atoms with E-state index in [4.69, 9.17) is 0 Å². The number of hydrogen-bond donors (Lipinski definition) is 1. The molecule has 0 bridgehead atoms. The Hall–Kier alpha value is -0.610. The van der Waals surface area contributed by atoms with Crippen molar-refractivity contribution in [1.29, 1.82) is 0 Å². The zero-order valence-electron chi connectivity index (χ0n) is 12.6. The van der Waals surface area contributed by atoms with Gasteiger partial charge in [-0.25, -0.2) is 0 Å². The fraction of sp³-hybridized carbons (Fsp3) is 0.938.